The second-order valence-electron chi connectivity index (χ2n) is 7.58. The van der Waals surface area contributed by atoms with Crippen LogP contribution in [0, 0.1) is 11.8 Å². The molecule has 0 aromatic carbocycles. The van der Waals surface area contributed by atoms with Gasteiger partial charge in [0.2, 0.25) is 11.8 Å². The van der Waals surface area contributed by atoms with Crippen molar-refractivity contribution >= 4 is 27.7 Å². The van der Waals surface area contributed by atoms with E-state index in [2.05, 4.69) is 10.6 Å². The van der Waals surface area contributed by atoms with Crippen molar-refractivity contribution in [1.29, 1.82) is 0 Å². The molecule has 0 spiro atoms. The number of rotatable bonds is 6. The van der Waals surface area contributed by atoms with Crippen molar-refractivity contribution in [2.75, 3.05) is 24.6 Å². The van der Waals surface area contributed by atoms with E-state index in [4.69, 9.17) is 5.73 Å². The predicted octanol–water partition coefficient (Wildman–Crippen LogP) is -0.389. The molecule has 2 heterocycles. The Balaban J connectivity index is 1.95. The number of hydrogen-bond acceptors (Lipinski definition) is 5. The number of hydrogen-bond donors (Lipinski definition) is 3. The summed E-state index contributed by atoms with van der Waals surface area (Å²) in [5.74, 6) is -0.809. The first-order chi connectivity index (χ1) is 12.6. The summed E-state index contributed by atoms with van der Waals surface area (Å²) in [5, 5.41) is 5.39. The van der Waals surface area contributed by atoms with E-state index in [1.807, 2.05) is 13.8 Å². The molecule has 2 rings (SSSR count). The summed E-state index contributed by atoms with van der Waals surface area (Å²) >= 11 is 0. The molecule has 2 saturated heterocycles. The summed E-state index contributed by atoms with van der Waals surface area (Å²) in [6.07, 6.45) is 2.14. The van der Waals surface area contributed by atoms with Crippen molar-refractivity contribution in [3.8, 4) is 0 Å². The molecule has 0 saturated carbocycles. The van der Waals surface area contributed by atoms with Crippen molar-refractivity contribution in [2.45, 2.75) is 51.6 Å². The van der Waals surface area contributed by atoms with Crippen molar-refractivity contribution in [3.05, 3.63) is 0 Å². The number of urea groups is 1. The van der Waals surface area contributed by atoms with Crippen LogP contribution in [0.15, 0.2) is 0 Å². The number of nitrogens with one attached hydrogen (secondary N) is 2. The third-order valence-electron chi connectivity index (χ3n) is 5.54. The second-order valence-corrected chi connectivity index (χ2v) is 9.81. The van der Waals surface area contributed by atoms with Crippen LogP contribution < -0.4 is 16.4 Å². The zero-order valence-electron chi connectivity index (χ0n) is 15.9. The van der Waals surface area contributed by atoms with E-state index >= 15 is 0 Å². The SMILES string of the molecule is CC[C@@H](C)[C@H](NC(=O)NC1CCS(=O)(=O)C1)C(=O)N1CCC(C(N)=O)CC1. The van der Waals surface area contributed by atoms with Gasteiger partial charge in [-0.1, -0.05) is 20.3 Å². The van der Waals surface area contributed by atoms with E-state index in [-0.39, 0.29) is 35.2 Å². The van der Waals surface area contributed by atoms with Crippen LogP contribution in [0.25, 0.3) is 0 Å². The Morgan fingerprint density at radius 3 is 2.30 bits per heavy atom. The molecule has 154 valence electrons. The van der Waals surface area contributed by atoms with Crippen LogP contribution in [0.1, 0.15) is 39.5 Å². The molecule has 27 heavy (non-hydrogen) atoms. The molecule has 3 atom stereocenters. The van der Waals surface area contributed by atoms with Crippen molar-refractivity contribution < 1.29 is 22.8 Å². The van der Waals surface area contributed by atoms with Crippen LogP contribution in [0.5, 0.6) is 0 Å². The highest BCUT2D eigenvalue weighted by Gasteiger charge is 2.34. The van der Waals surface area contributed by atoms with Gasteiger partial charge in [-0.3, -0.25) is 9.59 Å². The largest absolute Gasteiger partial charge is 0.369 e. The van der Waals surface area contributed by atoms with Crippen molar-refractivity contribution in [1.82, 2.24) is 15.5 Å². The molecular weight excluding hydrogens is 372 g/mol. The lowest BCUT2D eigenvalue weighted by molar-refractivity contribution is -0.137. The Morgan fingerprint density at radius 2 is 1.81 bits per heavy atom. The number of nitrogens with two attached hydrogens (primary N) is 1. The molecular formula is C17H30N4O5S. The standard InChI is InChI=1S/C17H30N4O5S/c1-3-11(2)14(16(23)21-7-4-12(5-8-21)15(18)22)20-17(24)19-13-6-9-27(25,26)10-13/h11-14H,3-10H2,1-2H3,(H2,18,22)(H2,19,20,24)/t11-,13?,14+/m1/s1. The zero-order valence-corrected chi connectivity index (χ0v) is 16.8. The van der Waals surface area contributed by atoms with Gasteiger partial charge in [0.15, 0.2) is 9.84 Å². The summed E-state index contributed by atoms with van der Waals surface area (Å²) in [6.45, 7) is 4.69. The molecule has 0 aromatic rings. The number of nitrogens with zero attached hydrogens (tertiary/aromatic N) is 1. The molecule has 0 aliphatic carbocycles. The first-order valence-electron chi connectivity index (χ1n) is 9.48. The highest BCUT2D eigenvalue weighted by Crippen LogP contribution is 2.20. The van der Waals surface area contributed by atoms with Gasteiger partial charge < -0.3 is 21.3 Å². The van der Waals surface area contributed by atoms with Gasteiger partial charge in [-0.05, 0) is 25.2 Å². The molecule has 0 bridgehead atoms. The first kappa shape index (κ1) is 21.5. The molecule has 2 aliphatic rings. The fourth-order valence-corrected chi connectivity index (χ4v) is 5.21. The molecule has 9 nitrogen and oxygen atoms in total. The number of piperidine rings is 1. The number of likely N-dealkylation sites (tertiary alicyclic amines) is 1. The fraction of sp³-hybridized carbons (Fsp3) is 0.824. The van der Waals surface area contributed by atoms with Gasteiger partial charge in [0.25, 0.3) is 0 Å². The number of sulfone groups is 1. The molecule has 4 N–H and O–H groups in total. The number of carbonyl (C=O) groups is 3. The average molecular weight is 403 g/mol. The Labute approximate surface area is 160 Å². The van der Waals surface area contributed by atoms with E-state index in [0.717, 1.165) is 0 Å². The van der Waals surface area contributed by atoms with Crippen LogP contribution in [-0.2, 0) is 19.4 Å². The van der Waals surface area contributed by atoms with Crippen LogP contribution in [0.3, 0.4) is 0 Å². The van der Waals surface area contributed by atoms with Crippen LogP contribution >= 0.6 is 0 Å². The second kappa shape index (κ2) is 8.90. The summed E-state index contributed by atoms with van der Waals surface area (Å²) in [7, 11) is -3.09. The average Bonchev–Trinajstić information content (AvgIpc) is 2.96. The molecule has 0 aromatic heterocycles. The summed E-state index contributed by atoms with van der Waals surface area (Å²) in [6, 6.07) is -1.64. The van der Waals surface area contributed by atoms with E-state index in [9.17, 15) is 22.8 Å². The lowest BCUT2D eigenvalue weighted by Gasteiger charge is -2.35. The molecule has 2 aliphatic heterocycles. The third-order valence-corrected chi connectivity index (χ3v) is 7.31. The maximum absolute atomic E-state index is 12.9. The van der Waals surface area contributed by atoms with E-state index < -0.39 is 28.0 Å². The van der Waals surface area contributed by atoms with Gasteiger partial charge in [0.1, 0.15) is 6.04 Å². The quantitative estimate of drug-likeness (QED) is 0.555. The fourth-order valence-electron chi connectivity index (χ4n) is 3.54. The number of primary amides is 1. The minimum absolute atomic E-state index is 0.0665. The van der Waals surface area contributed by atoms with Crippen molar-refractivity contribution in [2.24, 2.45) is 17.6 Å². The summed E-state index contributed by atoms with van der Waals surface area (Å²) in [5.41, 5.74) is 5.33. The van der Waals surface area contributed by atoms with Gasteiger partial charge in [0.05, 0.1) is 11.5 Å². The third kappa shape index (κ3) is 5.82. The van der Waals surface area contributed by atoms with E-state index in [1.165, 1.54) is 0 Å². The topological polar surface area (TPSA) is 139 Å². The monoisotopic (exact) mass is 402 g/mol. The molecule has 10 heteroatoms. The Hall–Kier alpha value is -1.84. The number of amides is 4. The zero-order chi connectivity index (χ0) is 20.2. The predicted molar refractivity (Wildman–Crippen MR) is 100 cm³/mol. The van der Waals surface area contributed by atoms with Gasteiger partial charge in [-0.15, -0.1) is 0 Å². The van der Waals surface area contributed by atoms with Crippen LogP contribution in [0.2, 0.25) is 0 Å². The maximum Gasteiger partial charge on any atom is 0.315 e. The van der Waals surface area contributed by atoms with Gasteiger partial charge in [-0.2, -0.15) is 0 Å². The Bertz CT molecular complexity index is 673. The molecule has 2 fully saturated rings. The minimum Gasteiger partial charge on any atom is -0.369 e. The van der Waals surface area contributed by atoms with Gasteiger partial charge in [0, 0.05) is 25.0 Å². The normalized spacial score (nSPS) is 24.8. The summed E-state index contributed by atoms with van der Waals surface area (Å²) < 4.78 is 23.0. The lowest BCUT2D eigenvalue weighted by atomic mass is 9.93. The van der Waals surface area contributed by atoms with E-state index in [0.29, 0.717) is 38.8 Å². The van der Waals surface area contributed by atoms with Crippen molar-refractivity contribution in [3.63, 3.8) is 0 Å². The van der Waals surface area contributed by atoms with Crippen LogP contribution in [0.4, 0.5) is 4.79 Å². The smallest absolute Gasteiger partial charge is 0.315 e. The number of carbonyl (C=O) groups excluding carboxylic acids is 3. The molecule has 0 radical (unpaired) electrons. The van der Waals surface area contributed by atoms with Crippen LogP contribution in [-0.4, -0.2) is 67.8 Å². The Kier molecular flexibility index (Phi) is 7.07. The first-order valence-corrected chi connectivity index (χ1v) is 11.3. The maximum atomic E-state index is 12.9. The van der Waals surface area contributed by atoms with Gasteiger partial charge >= 0.3 is 6.03 Å². The van der Waals surface area contributed by atoms with Gasteiger partial charge in [-0.25, -0.2) is 13.2 Å². The molecule has 4 amide bonds. The lowest BCUT2D eigenvalue weighted by Crippen LogP contribution is -2.56. The minimum atomic E-state index is -3.09. The highest BCUT2D eigenvalue weighted by atomic mass is 32.2. The van der Waals surface area contributed by atoms with E-state index in [1.54, 1.807) is 4.90 Å². The Morgan fingerprint density at radius 1 is 1.19 bits per heavy atom. The highest BCUT2D eigenvalue weighted by molar-refractivity contribution is 7.91. The molecule has 1 unspecified atom stereocenters. The summed E-state index contributed by atoms with van der Waals surface area (Å²) in [4.78, 5) is 38.2.